The molecule has 1 aromatic heterocycles. The molecule has 22 heavy (non-hydrogen) atoms. The minimum atomic E-state index is -4.62. The molecule has 0 amide bonds. The average molecular weight is 314 g/mol. The number of nitro groups is 1. The van der Waals surface area contributed by atoms with Crippen LogP contribution >= 0.6 is 0 Å². The molecular weight excluding hydrogens is 301 g/mol. The molecule has 0 fully saturated rings. The zero-order valence-corrected chi connectivity index (χ0v) is 11.8. The molecule has 0 aliphatic rings. The van der Waals surface area contributed by atoms with E-state index in [1.165, 1.54) is 0 Å². The zero-order valence-electron chi connectivity index (χ0n) is 11.8. The molecule has 0 atom stereocenters. The third-order valence-corrected chi connectivity index (χ3v) is 3.33. The third kappa shape index (κ3) is 3.18. The van der Waals surface area contributed by atoms with Gasteiger partial charge in [-0.15, -0.1) is 0 Å². The van der Waals surface area contributed by atoms with E-state index >= 15 is 0 Å². The minimum absolute atomic E-state index is 0.0289. The molecule has 0 bridgehead atoms. The SMILES string of the molecule is Cc1c(CNc2ccc(C(F)(F)F)cc2[N+](=O)[O-])cnn1C. The van der Waals surface area contributed by atoms with Crippen LogP contribution in [0.1, 0.15) is 16.8 Å². The van der Waals surface area contributed by atoms with Crippen LogP contribution in [0.25, 0.3) is 0 Å². The number of alkyl halides is 3. The second kappa shape index (κ2) is 5.66. The summed E-state index contributed by atoms with van der Waals surface area (Å²) in [5, 5.41) is 17.8. The Hall–Kier alpha value is -2.58. The summed E-state index contributed by atoms with van der Waals surface area (Å²) in [4.78, 5) is 10.1. The molecule has 9 heteroatoms. The van der Waals surface area contributed by atoms with E-state index in [1.54, 1.807) is 17.9 Å². The second-order valence-corrected chi connectivity index (χ2v) is 4.72. The van der Waals surface area contributed by atoms with Crippen LogP contribution in [0.5, 0.6) is 0 Å². The van der Waals surface area contributed by atoms with Gasteiger partial charge >= 0.3 is 6.18 Å². The lowest BCUT2D eigenvalue weighted by atomic mass is 10.1. The summed E-state index contributed by atoms with van der Waals surface area (Å²) in [7, 11) is 1.75. The molecule has 1 aromatic carbocycles. The lowest BCUT2D eigenvalue weighted by Crippen LogP contribution is -2.08. The minimum Gasteiger partial charge on any atom is -0.375 e. The summed E-state index contributed by atoms with van der Waals surface area (Å²) >= 11 is 0. The van der Waals surface area contributed by atoms with Gasteiger partial charge in [-0.05, 0) is 19.1 Å². The number of nitro benzene ring substituents is 1. The number of benzene rings is 1. The van der Waals surface area contributed by atoms with Gasteiger partial charge in [0.2, 0.25) is 0 Å². The fourth-order valence-corrected chi connectivity index (χ4v) is 1.92. The van der Waals surface area contributed by atoms with Crippen molar-refractivity contribution in [1.29, 1.82) is 0 Å². The van der Waals surface area contributed by atoms with Gasteiger partial charge in [-0.3, -0.25) is 14.8 Å². The smallest absolute Gasteiger partial charge is 0.375 e. The number of anilines is 1. The predicted octanol–water partition coefficient (Wildman–Crippen LogP) is 3.27. The number of aryl methyl sites for hydroxylation is 1. The van der Waals surface area contributed by atoms with E-state index in [0.717, 1.165) is 23.4 Å². The maximum atomic E-state index is 12.6. The molecule has 0 aliphatic heterocycles. The number of hydrogen-bond donors (Lipinski definition) is 1. The van der Waals surface area contributed by atoms with Gasteiger partial charge in [0.15, 0.2) is 0 Å². The van der Waals surface area contributed by atoms with Crippen LogP contribution in [0.15, 0.2) is 24.4 Å². The number of nitrogens with one attached hydrogen (secondary N) is 1. The maximum Gasteiger partial charge on any atom is 0.416 e. The molecule has 1 N–H and O–H groups in total. The number of nitrogens with zero attached hydrogens (tertiary/aromatic N) is 3. The van der Waals surface area contributed by atoms with Crippen molar-refractivity contribution in [2.75, 3.05) is 5.32 Å². The fourth-order valence-electron chi connectivity index (χ4n) is 1.92. The first kappa shape index (κ1) is 15.8. The van der Waals surface area contributed by atoms with Crippen molar-refractivity contribution in [2.24, 2.45) is 7.05 Å². The quantitative estimate of drug-likeness (QED) is 0.694. The largest absolute Gasteiger partial charge is 0.416 e. The molecule has 2 aromatic rings. The summed E-state index contributed by atoms with van der Waals surface area (Å²) in [6, 6.07) is 2.40. The van der Waals surface area contributed by atoms with E-state index in [0.29, 0.717) is 6.07 Å². The first-order valence-electron chi connectivity index (χ1n) is 6.27. The van der Waals surface area contributed by atoms with Crippen LogP contribution in [0, 0.1) is 17.0 Å². The van der Waals surface area contributed by atoms with Gasteiger partial charge < -0.3 is 5.32 Å². The fraction of sp³-hybridized carbons (Fsp3) is 0.308. The Bertz CT molecular complexity index is 710. The van der Waals surface area contributed by atoms with Crippen molar-refractivity contribution >= 4 is 11.4 Å². The van der Waals surface area contributed by atoms with Crippen LogP contribution in [-0.2, 0) is 19.8 Å². The highest BCUT2D eigenvalue weighted by Gasteiger charge is 2.33. The average Bonchev–Trinajstić information content (AvgIpc) is 2.75. The second-order valence-electron chi connectivity index (χ2n) is 4.72. The van der Waals surface area contributed by atoms with Crippen molar-refractivity contribution in [2.45, 2.75) is 19.6 Å². The summed E-state index contributed by atoms with van der Waals surface area (Å²) in [5.74, 6) is 0. The first-order chi connectivity index (χ1) is 10.2. The Balaban J connectivity index is 2.27. The lowest BCUT2D eigenvalue weighted by Gasteiger charge is -2.10. The molecule has 0 saturated carbocycles. The highest BCUT2D eigenvalue weighted by atomic mass is 19.4. The molecule has 0 unspecified atom stereocenters. The molecule has 118 valence electrons. The number of hydrogen-bond acceptors (Lipinski definition) is 4. The van der Waals surface area contributed by atoms with E-state index in [4.69, 9.17) is 0 Å². The Morgan fingerprint density at radius 1 is 1.41 bits per heavy atom. The Labute approximate surface area is 123 Å². The normalized spacial score (nSPS) is 11.5. The molecule has 1 heterocycles. The molecule has 0 saturated heterocycles. The van der Waals surface area contributed by atoms with Gasteiger partial charge in [-0.25, -0.2) is 0 Å². The topological polar surface area (TPSA) is 73.0 Å². The van der Waals surface area contributed by atoms with Gasteiger partial charge in [0, 0.05) is 30.9 Å². The highest BCUT2D eigenvalue weighted by molar-refractivity contribution is 5.63. The van der Waals surface area contributed by atoms with Crippen LogP contribution in [-0.4, -0.2) is 14.7 Å². The van der Waals surface area contributed by atoms with Crippen molar-refractivity contribution in [3.8, 4) is 0 Å². The Kier molecular flexibility index (Phi) is 4.07. The van der Waals surface area contributed by atoms with E-state index in [2.05, 4.69) is 10.4 Å². The van der Waals surface area contributed by atoms with Crippen LogP contribution < -0.4 is 5.32 Å². The lowest BCUT2D eigenvalue weighted by molar-refractivity contribution is -0.384. The van der Waals surface area contributed by atoms with Crippen LogP contribution in [0.4, 0.5) is 24.5 Å². The van der Waals surface area contributed by atoms with E-state index in [9.17, 15) is 23.3 Å². The molecule has 0 radical (unpaired) electrons. The number of rotatable bonds is 4. The summed E-state index contributed by atoms with van der Waals surface area (Å²) in [5.41, 5.74) is 0.0266. The Morgan fingerprint density at radius 2 is 2.09 bits per heavy atom. The Morgan fingerprint density at radius 3 is 2.59 bits per heavy atom. The van der Waals surface area contributed by atoms with Gasteiger partial charge in [0.25, 0.3) is 5.69 Å². The zero-order chi connectivity index (χ0) is 16.5. The van der Waals surface area contributed by atoms with Gasteiger partial charge in [0.1, 0.15) is 5.69 Å². The molecule has 0 spiro atoms. The maximum absolute atomic E-state index is 12.6. The van der Waals surface area contributed by atoms with Crippen LogP contribution in [0.2, 0.25) is 0 Å². The van der Waals surface area contributed by atoms with Crippen LogP contribution in [0.3, 0.4) is 0 Å². The molecule has 6 nitrogen and oxygen atoms in total. The predicted molar refractivity (Wildman–Crippen MR) is 73.4 cm³/mol. The van der Waals surface area contributed by atoms with Crippen molar-refractivity contribution in [3.63, 3.8) is 0 Å². The number of halogens is 3. The highest BCUT2D eigenvalue weighted by Crippen LogP contribution is 2.35. The van der Waals surface area contributed by atoms with E-state index in [1.807, 2.05) is 6.92 Å². The van der Waals surface area contributed by atoms with Crippen molar-refractivity contribution < 1.29 is 18.1 Å². The van der Waals surface area contributed by atoms with E-state index in [-0.39, 0.29) is 12.2 Å². The van der Waals surface area contributed by atoms with Crippen molar-refractivity contribution in [1.82, 2.24) is 9.78 Å². The molecule has 2 rings (SSSR count). The third-order valence-electron chi connectivity index (χ3n) is 3.33. The summed E-state index contributed by atoms with van der Waals surface area (Å²) < 4.78 is 39.5. The summed E-state index contributed by atoms with van der Waals surface area (Å²) in [6.07, 6.45) is -3.03. The molecule has 0 aliphatic carbocycles. The number of aromatic nitrogens is 2. The van der Waals surface area contributed by atoms with E-state index < -0.39 is 22.4 Å². The van der Waals surface area contributed by atoms with Gasteiger partial charge in [-0.1, -0.05) is 0 Å². The van der Waals surface area contributed by atoms with Gasteiger partial charge in [0.05, 0.1) is 16.7 Å². The molecular formula is C13H13F3N4O2. The summed E-state index contributed by atoms with van der Waals surface area (Å²) in [6.45, 7) is 2.05. The first-order valence-corrected chi connectivity index (χ1v) is 6.27. The monoisotopic (exact) mass is 314 g/mol. The van der Waals surface area contributed by atoms with Gasteiger partial charge in [-0.2, -0.15) is 18.3 Å². The van der Waals surface area contributed by atoms with Crippen molar-refractivity contribution in [3.05, 3.63) is 51.3 Å². The standard InChI is InChI=1S/C13H13F3N4O2/c1-8-9(7-18-19(8)2)6-17-11-4-3-10(13(14,15)16)5-12(11)20(21)22/h3-5,7,17H,6H2,1-2H3.